The van der Waals surface area contributed by atoms with Crippen LogP contribution >= 0.6 is 0 Å². The van der Waals surface area contributed by atoms with E-state index in [9.17, 15) is 14.4 Å². The fourth-order valence-electron chi connectivity index (χ4n) is 4.64. The van der Waals surface area contributed by atoms with Gasteiger partial charge in [-0.05, 0) is 62.3 Å². The fourth-order valence-corrected chi connectivity index (χ4v) is 4.64. The van der Waals surface area contributed by atoms with Crippen LogP contribution in [0.1, 0.15) is 55.3 Å². The molecular formula is C26H34N6O3. The second kappa shape index (κ2) is 11.2. The molecule has 35 heavy (non-hydrogen) atoms. The zero-order valence-electron chi connectivity index (χ0n) is 20.5. The number of amides is 1. The summed E-state index contributed by atoms with van der Waals surface area (Å²) in [5.41, 5.74) is 3.66. The van der Waals surface area contributed by atoms with Gasteiger partial charge < -0.3 is 15.2 Å². The molecule has 9 heteroatoms. The molecule has 1 aromatic carbocycles. The van der Waals surface area contributed by atoms with Crippen LogP contribution in [0.3, 0.4) is 0 Å². The van der Waals surface area contributed by atoms with E-state index in [4.69, 9.17) is 0 Å². The van der Waals surface area contributed by atoms with E-state index in [1.807, 2.05) is 19.2 Å². The maximum atomic E-state index is 12.5. The van der Waals surface area contributed by atoms with Crippen molar-refractivity contribution in [2.75, 3.05) is 11.9 Å². The lowest BCUT2D eigenvalue weighted by Gasteiger charge is -2.10. The van der Waals surface area contributed by atoms with E-state index < -0.39 is 5.69 Å². The summed E-state index contributed by atoms with van der Waals surface area (Å²) in [5, 5.41) is 6.04. The number of aromatic nitrogens is 4. The molecule has 3 aromatic rings. The first-order valence-electron chi connectivity index (χ1n) is 12.4. The number of hydrogen-bond donors (Lipinski definition) is 3. The summed E-state index contributed by atoms with van der Waals surface area (Å²) in [4.78, 5) is 44.4. The minimum atomic E-state index is -0.482. The molecule has 186 valence electrons. The van der Waals surface area contributed by atoms with E-state index in [0.29, 0.717) is 18.8 Å². The van der Waals surface area contributed by atoms with Gasteiger partial charge in [0, 0.05) is 50.4 Å². The lowest BCUT2D eigenvalue weighted by atomic mass is 10.1. The molecule has 4 rings (SSSR count). The molecule has 2 aromatic heterocycles. The molecule has 2 heterocycles. The normalized spacial score (nSPS) is 12.5. The molecular weight excluding hydrogens is 444 g/mol. The summed E-state index contributed by atoms with van der Waals surface area (Å²) in [7, 11) is 0. The van der Waals surface area contributed by atoms with Crippen LogP contribution in [0.25, 0.3) is 0 Å². The maximum Gasteiger partial charge on any atom is 0.329 e. The number of carbonyl (C=O) groups excluding carboxylic acids is 1. The molecule has 0 unspecified atom stereocenters. The summed E-state index contributed by atoms with van der Waals surface area (Å²) < 4.78 is 3.26. The maximum absolute atomic E-state index is 12.5. The molecule has 0 saturated carbocycles. The number of H-pyrrole nitrogens is 1. The van der Waals surface area contributed by atoms with Crippen molar-refractivity contribution in [2.24, 2.45) is 0 Å². The second-order valence-electron chi connectivity index (χ2n) is 9.09. The van der Waals surface area contributed by atoms with Crippen molar-refractivity contribution >= 4 is 17.4 Å². The molecule has 0 saturated heterocycles. The third kappa shape index (κ3) is 6.29. The topological polar surface area (TPSA) is 114 Å². The Labute approximate surface area is 204 Å². The van der Waals surface area contributed by atoms with Gasteiger partial charge >= 0.3 is 5.69 Å². The SMILES string of the molecule is CCc1nc(C)cn1CCCNC(=O)CCCn1c(=O)cc(Nc2ccc3c(c2)CCC3)[nH]c1=O. The summed E-state index contributed by atoms with van der Waals surface area (Å²) in [6, 6.07) is 7.52. The van der Waals surface area contributed by atoms with Gasteiger partial charge in [0.25, 0.3) is 5.56 Å². The monoisotopic (exact) mass is 478 g/mol. The number of rotatable bonds is 11. The highest BCUT2D eigenvalue weighted by Gasteiger charge is 2.12. The predicted molar refractivity (Wildman–Crippen MR) is 136 cm³/mol. The molecule has 0 aliphatic heterocycles. The Bertz CT molecular complexity index is 1270. The van der Waals surface area contributed by atoms with E-state index in [1.54, 1.807) is 0 Å². The molecule has 9 nitrogen and oxygen atoms in total. The first-order chi connectivity index (χ1) is 16.9. The van der Waals surface area contributed by atoms with Crippen molar-refractivity contribution in [1.82, 2.24) is 24.4 Å². The van der Waals surface area contributed by atoms with Crippen molar-refractivity contribution < 1.29 is 4.79 Å². The van der Waals surface area contributed by atoms with E-state index in [0.717, 1.165) is 60.4 Å². The number of carbonyl (C=O) groups is 1. The predicted octanol–water partition coefficient (Wildman–Crippen LogP) is 2.82. The second-order valence-corrected chi connectivity index (χ2v) is 9.09. The van der Waals surface area contributed by atoms with Crippen LogP contribution in [0, 0.1) is 6.92 Å². The number of nitrogens with one attached hydrogen (secondary N) is 3. The van der Waals surface area contributed by atoms with Gasteiger partial charge in [0.05, 0.1) is 5.69 Å². The van der Waals surface area contributed by atoms with Crippen LogP contribution < -0.4 is 21.9 Å². The van der Waals surface area contributed by atoms with E-state index in [2.05, 4.69) is 44.2 Å². The molecule has 1 aliphatic rings. The fraction of sp³-hybridized carbons (Fsp3) is 0.462. The standard InChI is InChI=1S/C26H34N6O3/c1-3-23-28-18(2)17-31(23)13-6-12-27-24(33)9-5-14-32-25(34)16-22(30-26(32)35)29-21-11-10-19-7-4-8-20(19)15-21/h10-11,15-17,29H,3-9,12-14H2,1-2H3,(H,27,33)(H,30,35). The van der Waals surface area contributed by atoms with Crippen molar-refractivity contribution in [1.29, 1.82) is 0 Å². The largest absolute Gasteiger partial charge is 0.356 e. The van der Waals surface area contributed by atoms with Crippen LogP contribution in [0.2, 0.25) is 0 Å². The Morgan fingerprint density at radius 3 is 2.74 bits per heavy atom. The molecule has 3 N–H and O–H groups in total. The highest BCUT2D eigenvalue weighted by atomic mass is 16.2. The number of benzene rings is 1. The molecule has 0 atom stereocenters. The number of aryl methyl sites for hydroxylation is 5. The Hall–Kier alpha value is -3.62. The number of aromatic amines is 1. The minimum Gasteiger partial charge on any atom is -0.356 e. The lowest BCUT2D eigenvalue weighted by Crippen LogP contribution is -2.35. The van der Waals surface area contributed by atoms with Crippen LogP contribution in [-0.4, -0.2) is 31.6 Å². The highest BCUT2D eigenvalue weighted by Crippen LogP contribution is 2.25. The van der Waals surface area contributed by atoms with Gasteiger partial charge in [0.15, 0.2) is 0 Å². The molecule has 0 spiro atoms. The van der Waals surface area contributed by atoms with Gasteiger partial charge in [0.1, 0.15) is 11.6 Å². The van der Waals surface area contributed by atoms with E-state index >= 15 is 0 Å². The van der Waals surface area contributed by atoms with Crippen molar-refractivity contribution in [3.8, 4) is 0 Å². The average Bonchev–Trinajstić information content (AvgIpc) is 3.44. The van der Waals surface area contributed by atoms with Gasteiger partial charge in [-0.3, -0.25) is 19.1 Å². The lowest BCUT2D eigenvalue weighted by molar-refractivity contribution is -0.121. The highest BCUT2D eigenvalue weighted by molar-refractivity contribution is 5.75. The summed E-state index contributed by atoms with van der Waals surface area (Å²) >= 11 is 0. The average molecular weight is 479 g/mol. The summed E-state index contributed by atoms with van der Waals surface area (Å²) in [6.45, 7) is 5.62. The van der Waals surface area contributed by atoms with Crippen molar-refractivity contribution in [3.05, 3.63) is 73.9 Å². The van der Waals surface area contributed by atoms with Crippen LogP contribution in [0.5, 0.6) is 0 Å². The third-order valence-corrected chi connectivity index (χ3v) is 6.38. The molecule has 1 aliphatic carbocycles. The Kier molecular flexibility index (Phi) is 7.84. The number of imidazole rings is 1. The quantitative estimate of drug-likeness (QED) is 0.367. The van der Waals surface area contributed by atoms with Crippen molar-refractivity contribution in [2.45, 2.75) is 71.9 Å². The first-order valence-corrected chi connectivity index (χ1v) is 12.4. The van der Waals surface area contributed by atoms with Crippen molar-refractivity contribution in [3.63, 3.8) is 0 Å². The molecule has 0 fully saturated rings. The van der Waals surface area contributed by atoms with Gasteiger partial charge in [-0.1, -0.05) is 13.0 Å². The van der Waals surface area contributed by atoms with Gasteiger partial charge in [0.2, 0.25) is 5.91 Å². The van der Waals surface area contributed by atoms with Crippen LogP contribution in [0.15, 0.2) is 40.1 Å². The van der Waals surface area contributed by atoms with Gasteiger partial charge in [-0.15, -0.1) is 0 Å². The zero-order valence-corrected chi connectivity index (χ0v) is 20.5. The first kappa shape index (κ1) is 24.5. The van der Waals surface area contributed by atoms with Crippen LogP contribution in [0.4, 0.5) is 11.5 Å². The summed E-state index contributed by atoms with van der Waals surface area (Å²) in [6.07, 6.45) is 7.71. The third-order valence-electron chi connectivity index (χ3n) is 6.38. The van der Waals surface area contributed by atoms with Crippen LogP contribution in [-0.2, 0) is 37.1 Å². The zero-order chi connectivity index (χ0) is 24.8. The Morgan fingerprint density at radius 2 is 1.94 bits per heavy atom. The molecule has 0 bridgehead atoms. The van der Waals surface area contributed by atoms with E-state index in [1.165, 1.54) is 17.2 Å². The Balaban J connectivity index is 1.22. The minimum absolute atomic E-state index is 0.0816. The van der Waals surface area contributed by atoms with E-state index in [-0.39, 0.29) is 24.4 Å². The Morgan fingerprint density at radius 1 is 1.11 bits per heavy atom. The number of anilines is 2. The number of hydrogen-bond acceptors (Lipinski definition) is 5. The molecule has 0 radical (unpaired) electrons. The molecule has 1 amide bonds. The van der Waals surface area contributed by atoms with Gasteiger partial charge in [-0.25, -0.2) is 9.78 Å². The number of fused-ring (bicyclic) bond motifs is 1. The number of nitrogens with zero attached hydrogens (tertiary/aromatic N) is 3. The van der Waals surface area contributed by atoms with Gasteiger partial charge in [-0.2, -0.15) is 0 Å². The smallest absolute Gasteiger partial charge is 0.329 e. The summed E-state index contributed by atoms with van der Waals surface area (Å²) in [5.74, 6) is 1.34.